The van der Waals surface area contributed by atoms with Crippen LogP contribution in [0.4, 0.5) is 5.82 Å². The molecule has 0 atom stereocenters. The molecule has 3 heterocycles. The molecule has 0 radical (unpaired) electrons. The zero-order valence-electron chi connectivity index (χ0n) is 18.3. The van der Waals surface area contributed by atoms with E-state index in [9.17, 15) is 4.79 Å². The van der Waals surface area contributed by atoms with Crippen LogP contribution in [0.25, 0.3) is 39.1 Å². The predicted molar refractivity (Wildman–Crippen MR) is 130 cm³/mol. The number of imidazole rings is 1. The van der Waals surface area contributed by atoms with Crippen LogP contribution in [0.5, 0.6) is 0 Å². The highest BCUT2D eigenvalue weighted by Crippen LogP contribution is 2.31. The Hall–Kier alpha value is -4.13. The number of aromatic amines is 1. The molecule has 0 unspecified atom stereocenters. The fourth-order valence-corrected chi connectivity index (χ4v) is 4.22. The molecule has 7 heteroatoms. The maximum atomic E-state index is 12.4. The average molecular weight is 437 g/mol. The molecule has 1 amide bonds. The number of nitrogens with zero attached hydrogens (tertiary/aromatic N) is 3. The Kier molecular flexibility index (Phi) is 4.61. The summed E-state index contributed by atoms with van der Waals surface area (Å²) in [5, 5.41) is 7.52. The molecule has 1 aliphatic rings. The van der Waals surface area contributed by atoms with Gasteiger partial charge in [0.05, 0.1) is 17.6 Å². The van der Waals surface area contributed by atoms with Gasteiger partial charge in [-0.05, 0) is 44.0 Å². The summed E-state index contributed by atoms with van der Waals surface area (Å²) in [5.74, 6) is 0.733. The molecule has 3 N–H and O–H groups in total. The predicted octanol–water partition coefficient (Wildman–Crippen LogP) is 4.87. The molecule has 0 bridgehead atoms. The lowest BCUT2D eigenvalue weighted by molar-refractivity contribution is 0.0951. The lowest BCUT2D eigenvalue weighted by Crippen LogP contribution is -2.25. The molecule has 7 nitrogen and oxygen atoms in total. The van der Waals surface area contributed by atoms with Crippen molar-refractivity contribution < 1.29 is 4.79 Å². The lowest BCUT2D eigenvalue weighted by Gasteiger charge is -2.11. The van der Waals surface area contributed by atoms with Gasteiger partial charge in [0.2, 0.25) is 0 Å². The van der Waals surface area contributed by atoms with E-state index < -0.39 is 0 Å². The number of fused-ring (bicyclic) bond motifs is 2. The smallest absolute Gasteiger partial charge is 0.251 e. The van der Waals surface area contributed by atoms with Gasteiger partial charge in [-0.1, -0.05) is 24.3 Å². The van der Waals surface area contributed by atoms with Gasteiger partial charge < -0.3 is 15.6 Å². The van der Waals surface area contributed by atoms with Gasteiger partial charge in [-0.3, -0.25) is 9.20 Å². The number of rotatable bonds is 6. The van der Waals surface area contributed by atoms with Crippen LogP contribution in [0.2, 0.25) is 0 Å². The zero-order chi connectivity index (χ0) is 22.4. The van der Waals surface area contributed by atoms with Gasteiger partial charge in [-0.25, -0.2) is 9.97 Å². The third-order valence-electron chi connectivity index (χ3n) is 6.06. The molecular weight excluding hydrogens is 412 g/mol. The van der Waals surface area contributed by atoms with E-state index in [1.807, 2.05) is 55.8 Å². The fourth-order valence-electron chi connectivity index (χ4n) is 4.22. The maximum Gasteiger partial charge on any atom is 0.251 e. The highest BCUT2D eigenvalue weighted by atomic mass is 16.1. The Bertz CT molecular complexity index is 1480. The van der Waals surface area contributed by atoms with Crippen molar-refractivity contribution >= 4 is 28.3 Å². The topological polar surface area (TPSA) is 87.1 Å². The summed E-state index contributed by atoms with van der Waals surface area (Å²) in [7, 11) is 0. The second-order valence-corrected chi connectivity index (χ2v) is 8.41. The summed E-state index contributed by atoms with van der Waals surface area (Å²) >= 11 is 0. The molecule has 164 valence electrons. The minimum Gasteiger partial charge on any atom is -0.367 e. The molecular formula is C26H24N6O. The Morgan fingerprint density at radius 1 is 1.15 bits per heavy atom. The van der Waals surface area contributed by atoms with Gasteiger partial charge in [0.25, 0.3) is 5.91 Å². The normalized spacial score (nSPS) is 13.5. The van der Waals surface area contributed by atoms with E-state index in [2.05, 4.69) is 43.2 Å². The van der Waals surface area contributed by atoms with E-state index >= 15 is 0 Å². The molecule has 1 aliphatic carbocycles. The first-order valence-electron chi connectivity index (χ1n) is 11.3. The number of carbonyl (C=O) groups is 1. The van der Waals surface area contributed by atoms with Gasteiger partial charge in [-0.2, -0.15) is 0 Å². The lowest BCUT2D eigenvalue weighted by atomic mass is 10.1. The van der Waals surface area contributed by atoms with Crippen molar-refractivity contribution in [2.24, 2.45) is 0 Å². The summed E-state index contributed by atoms with van der Waals surface area (Å²) in [5.41, 5.74) is 6.38. The van der Waals surface area contributed by atoms with Gasteiger partial charge in [0.1, 0.15) is 0 Å². The molecule has 1 fully saturated rings. The van der Waals surface area contributed by atoms with Crippen molar-refractivity contribution in [1.82, 2.24) is 24.7 Å². The van der Waals surface area contributed by atoms with Gasteiger partial charge in [0.15, 0.2) is 11.5 Å². The number of hydrogen-bond donors (Lipinski definition) is 3. The van der Waals surface area contributed by atoms with Crippen molar-refractivity contribution in [3.05, 3.63) is 72.7 Å². The van der Waals surface area contributed by atoms with E-state index in [0.29, 0.717) is 11.6 Å². The second kappa shape index (κ2) is 7.78. The van der Waals surface area contributed by atoms with Crippen molar-refractivity contribution in [3.8, 4) is 22.5 Å². The number of hydrogen-bond acceptors (Lipinski definition) is 4. The van der Waals surface area contributed by atoms with Crippen molar-refractivity contribution in [1.29, 1.82) is 0 Å². The molecule has 3 aromatic heterocycles. The van der Waals surface area contributed by atoms with Crippen LogP contribution in [0.3, 0.4) is 0 Å². The van der Waals surface area contributed by atoms with Crippen molar-refractivity contribution in [2.75, 3.05) is 11.9 Å². The largest absolute Gasteiger partial charge is 0.367 e. The van der Waals surface area contributed by atoms with Crippen LogP contribution >= 0.6 is 0 Å². The number of amides is 1. The highest BCUT2D eigenvalue weighted by molar-refractivity contribution is 5.95. The first-order valence-corrected chi connectivity index (χ1v) is 11.3. The van der Waals surface area contributed by atoms with Crippen molar-refractivity contribution in [3.63, 3.8) is 0 Å². The highest BCUT2D eigenvalue weighted by Gasteiger charge is 2.23. The molecule has 6 rings (SSSR count). The molecule has 33 heavy (non-hydrogen) atoms. The number of benzene rings is 2. The van der Waals surface area contributed by atoms with Crippen LogP contribution in [0.15, 0.2) is 67.1 Å². The molecule has 2 aromatic carbocycles. The number of H-pyrrole nitrogens is 1. The Balaban J connectivity index is 1.45. The van der Waals surface area contributed by atoms with Crippen LogP contribution in [0, 0.1) is 0 Å². The number of aromatic nitrogens is 4. The summed E-state index contributed by atoms with van der Waals surface area (Å²) in [4.78, 5) is 25.2. The number of carbonyl (C=O) groups excluding carboxylic acids is 1. The summed E-state index contributed by atoms with van der Waals surface area (Å²) in [6.45, 7) is 2.79. The Morgan fingerprint density at radius 2 is 2.00 bits per heavy atom. The molecule has 0 spiro atoms. The van der Waals surface area contributed by atoms with E-state index in [4.69, 9.17) is 4.98 Å². The fraction of sp³-hybridized carbons (Fsp3) is 0.192. The standard InChI is InChI=1S/C26H24N6O/c1-2-27-24-25-29-14-23(16-6-8-17(9-7-16)26(33)30-18-10-11-18)32(25)15-22(31-24)19-4-3-5-21-20(19)12-13-28-21/h3-9,12-15,18,28H,2,10-11H2,1H3,(H,27,31)(H,30,33). The van der Waals surface area contributed by atoms with Crippen molar-refractivity contribution in [2.45, 2.75) is 25.8 Å². The van der Waals surface area contributed by atoms with E-state index in [1.165, 1.54) is 0 Å². The van der Waals surface area contributed by atoms with Gasteiger partial charge in [0, 0.05) is 52.6 Å². The van der Waals surface area contributed by atoms with Gasteiger partial charge >= 0.3 is 0 Å². The quantitative estimate of drug-likeness (QED) is 0.354. The van der Waals surface area contributed by atoms with E-state index in [-0.39, 0.29) is 5.91 Å². The number of nitrogens with one attached hydrogen (secondary N) is 3. The Labute approximate surface area is 190 Å². The van der Waals surface area contributed by atoms with Crippen LogP contribution in [-0.2, 0) is 0 Å². The first-order chi connectivity index (χ1) is 16.2. The summed E-state index contributed by atoms with van der Waals surface area (Å²) < 4.78 is 2.07. The SMILES string of the molecule is CCNc1nc(-c2cccc3[nH]ccc23)cn2c(-c3ccc(C(=O)NC4CC4)cc3)cnc12. The average Bonchev–Trinajstić information content (AvgIpc) is 3.34. The minimum atomic E-state index is -0.0114. The minimum absolute atomic E-state index is 0.0114. The third-order valence-corrected chi connectivity index (χ3v) is 6.06. The van der Waals surface area contributed by atoms with Crippen LogP contribution < -0.4 is 10.6 Å². The summed E-state index contributed by atoms with van der Waals surface area (Å²) in [6.07, 6.45) is 7.99. The molecule has 0 saturated heterocycles. The maximum absolute atomic E-state index is 12.4. The van der Waals surface area contributed by atoms with E-state index in [1.54, 1.807) is 0 Å². The van der Waals surface area contributed by atoms with Crippen LogP contribution in [-0.4, -0.2) is 37.8 Å². The Morgan fingerprint density at radius 3 is 2.79 bits per heavy atom. The van der Waals surface area contributed by atoms with Gasteiger partial charge in [-0.15, -0.1) is 0 Å². The van der Waals surface area contributed by atoms with Crippen LogP contribution in [0.1, 0.15) is 30.1 Å². The number of anilines is 1. The second-order valence-electron chi connectivity index (χ2n) is 8.41. The first kappa shape index (κ1) is 19.5. The zero-order valence-corrected chi connectivity index (χ0v) is 18.3. The molecule has 1 saturated carbocycles. The monoisotopic (exact) mass is 436 g/mol. The van der Waals surface area contributed by atoms with E-state index in [0.717, 1.165) is 64.3 Å². The third kappa shape index (κ3) is 3.51. The summed E-state index contributed by atoms with van der Waals surface area (Å²) in [6, 6.07) is 16.3. The molecule has 5 aromatic rings. The molecule has 0 aliphatic heterocycles.